The highest BCUT2D eigenvalue weighted by atomic mass is 16.6. The molecule has 0 heterocycles. The summed E-state index contributed by atoms with van der Waals surface area (Å²) >= 11 is 0. The zero-order valence-electron chi connectivity index (χ0n) is 9.92. The number of ketones is 1. The maximum atomic E-state index is 11.3. The molecule has 0 aliphatic carbocycles. The summed E-state index contributed by atoms with van der Waals surface area (Å²) in [7, 11) is 1.46. The van der Waals surface area contributed by atoms with Crippen LogP contribution in [0.2, 0.25) is 0 Å². The first-order valence-corrected chi connectivity index (χ1v) is 4.75. The molecule has 0 bridgehead atoms. The molecule has 0 aliphatic heterocycles. The molecule has 1 N–H and O–H groups in total. The topological polar surface area (TPSA) is 64.6 Å². The number of hydrogen-bond donors (Lipinski definition) is 1. The zero-order chi connectivity index (χ0) is 12.1. The number of Topliss-reactive ketones (excluding diaryl/α,β-unsaturated/α-hetero) is 1. The van der Waals surface area contributed by atoms with E-state index in [2.05, 4.69) is 5.32 Å². The lowest BCUT2D eigenvalue weighted by Gasteiger charge is -2.22. The van der Waals surface area contributed by atoms with E-state index in [9.17, 15) is 9.59 Å². The lowest BCUT2D eigenvalue weighted by atomic mass is 10.2. The predicted molar refractivity (Wildman–Crippen MR) is 55.7 cm³/mol. The summed E-state index contributed by atoms with van der Waals surface area (Å²) in [6, 6.07) is -0.648. The molecule has 1 amide bonds. The van der Waals surface area contributed by atoms with E-state index in [-0.39, 0.29) is 12.4 Å². The van der Waals surface area contributed by atoms with E-state index in [0.717, 1.165) is 0 Å². The van der Waals surface area contributed by atoms with E-state index < -0.39 is 17.7 Å². The van der Waals surface area contributed by atoms with Crippen LogP contribution in [0.4, 0.5) is 4.79 Å². The van der Waals surface area contributed by atoms with Gasteiger partial charge in [-0.3, -0.25) is 4.79 Å². The molecule has 0 unspecified atom stereocenters. The highest BCUT2D eigenvalue weighted by molar-refractivity contribution is 5.85. The van der Waals surface area contributed by atoms with E-state index in [1.165, 1.54) is 14.0 Å². The third kappa shape index (κ3) is 6.90. The summed E-state index contributed by atoms with van der Waals surface area (Å²) in [4.78, 5) is 22.4. The van der Waals surface area contributed by atoms with Gasteiger partial charge in [0.2, 0.25) is 0 Å². The molecule has 0 saturated carbocycles. The largest absolute Gasteiger partial charge is 0.444 e. The van der Waals surface area contributed by atoms with Crippen molar-refractivity contribution in [2.24, 2.45) is 0 Å². The van der Waals surface area contributed by atoms with Crippen molar-refractivity contribution < 1.29 is 19.1 Å². The number of carbonyl (C=O) groups is 2. The van der Waals surface area contributed by atoms with Gasteiger partial charge in [0.05, 0.1) is 6.61 Å². The molecule has 0 radical (unpaired) electrons. The Morgan fingerprint density at radius 1 is 1.33 bits per heavy atom. The van der Waals surface area contributed by atoms with Crippen molar-refractivity contribution in [1.82, 2.24) is 5.32 Å². The molecule has 5 heteroatoms. The van der Waals surface area contributed by atoms with Gasteiger partial charge >= 0.3 is 6.09 Å². The van der Waals surface area contributed by atoms with Gasteiger partial charge in [0.25, 0.3) is 0 Å². The summed E-state index contributed by atoms with van der Waals surface area (Å²) in [5.74, 6) is -0.164. The quantitative estimate of drug-likeness (QED) is 0.766. The fraction of sp³-hybridized carbons (Fsp3) is 0.800. The van der Waals surface area contributed by atoms with E-state index in [4.69, 9.17) is 9.47 Å². The van der Waals surface area contributed by atoms with Crippen molar-refractivity contribution in [3.05, 3.63) is 0 Å². The number of rotatable bonds is 4. The lowest BCUT2D eigenvalue weighted by Crippen LogP contribution is -2.45. The maximum Gasteiger partial charge on any atom is 0.408 e. The second-order valence-electron chi connectivity index (χ2n) is 4.26. The summed E-state index contributed by atoms with van der Waals surface area (Å²) in [6.45, 7) is 6.80. The Balaban J connectivity index is 4.18. The predicted octanol–water partition coefficient (Wildman–Crippen LogP) is 1.12. The SMILES string of the molecule is COC[C@@H](NC(=O)OC(C)(C)C)C(C)=O. The average molecular weight is 217 g/mol. The van der Waals surface area contributed by atoms with E-state index in [0.29, 0.717) is 0 Å². The van der Waals surface area contributed by atoms with Gasteiger partial charge in [0, 0.05) is 7.11 Å². The van der Waals surface area contributed by atoms with Crippen LogP contribution in [-0.4, -0.2) is 37.2 Å². The molecule has 0 aromatic heterocycles. The molecule has 0 aromatic carbocycles. The molecule has 0 spiro atoms. The van der Waals surface area contributed by atoms with Gasteiger partial charge in [0.1, 0.15) is 11.6 Å². The van der Waals surface area contributed by atoms with Crippen LogP contribution in [-0.2, 0) is 14.3 Å². The van der Waals surface area contributed by atoms with Gasteiger partial charge in [0.15, 0.2) is 5.78 Å². The number of hydrogen-bond acceptors (Lipinski definition) is 4. The van der Waals surface area contributed by atoms with Crippen molar-refractivity contribution in [2.45, 2.75) is 39.3 Å². The van der Waals surface area contributed by atoms with Gasteiger partial charge in [-0.15, -0.1) is 0 Å². The summed E-state index contributed by atoms with van der Waals surface area (Å²) < 4.78 is 9.81. The Kier molecular flexibility index (Phi) is 5.28. The molecule has 0 saturated heterocycles. The van der Waals surface area contributed by atoms with Crippen LogP contribution in [0.25, 0.3) is 0 Å². The van der Waals surface area contributed by atoms with Crippen molar-refractivity contribution in [3.63, 3.8) is 0 Å². The first-order chi connectivity index (χ1) is 6.76. The molecule has 0 fully saturated rings. The minimum Gasteiger partial charge on any atom is -0.444 e. The smallest absolute Gasteiger partial charge is 0.408 e. The minimum absolute atomic E-state index is 0.147. The van der Waals surface area contributed by atoms with Gasteiger partial charge in [-0.25, -0.2) is 4.79 Å². The molecule has 1 atom stereocenters. The number of ether oxygens (including phenoxy) is 2. The van der Waals surface area contributed by atoms with Crippen LogP contribution in [0.3, 0.4) is 0 Å². The highest BCUT2D eigenvalue weighted by Crippen LogP contribution is 2.06. The Bertz CT molecular complexity index is 232. The number of nitrogens with one attached hydrogen (secondary N) is 1. The standard InChI is InChI=1S/C10H19NO4/c1-7(12)8(6-14-5)11-9(13)15-10(2,3)4/h8H,6H2,1-5H3,(H,11,13)/t8-/m1/s1. The number of amides is 1. The van der Waals surface area contributed by atoms with Gasteiger partial charge in [-0.05, 0) is 27.7 Å². The minimum atomic E-state index is -0.648. The first-order valence-electron chi connectivity index (χ1n) is 4.75. The Morgan fingerprint density at radius 3 is 2.20 bits per heavy atom. The van der Waals surface area contributed by atoms with Crippen molar-refractivity contribution >= 4 is 11.9 Å². The van der Waals surface area contributed by atoms with Crippen molar-refractivity contribution in [3.8, 4) is 0 Å². The van der Waals surface area contributed by atoms with E-state index in [1.807, 2.05) is 0 Å². The van der Waals surface area contributed by atoms with E-state index in [1.54, 1.807) is 20.8 Å². The van der Waals surface area contributed by atoms with Gasteiger partial charge in [-0.1, -0.05) is 0 Å². The average Bonchev–Trinajstić information content (AvgIpc) is 1.99. The Labute approximate surface area is 90.1 Å². The molecule has 0 rings (SSSR count). The fourth-order valence-electron chi connectivity index (χ4n) is 0.877. The first kappa shape index (κ1) is 13.9. The van der Waals surface area contributed by atoms with Crippen LogP contribution in [0, 0.1) is 0 Å². The van der Waals surface area contributed by atoms with E-state index >= 15 is 0 Å². The fourth-order valence-corrected chi connectivity index (χ4v) is 0.877. The van der Waals surface area contributed by atoms with Crippen LogP contribution >= 0.6 is 0 Å². The Hall–Kier alpha value is -1.10. The number of methoxy groups -OCH3 is 1. The third-order valence-corrected chi connectivity index (χ3v) is 1.52. The molecule has 5 nitrogen and oxygen atoms in total. The van der Waals surface area contributed by atoms with Crippen LogP contribution < -0.4 is 5.32 Å². The molecular formula is C10H19NO4. The molecule has 15 heavy (non-hydrogen) atoms. The normalized spacial score (nSPS) is 13.1. The maximum absolute atomic E-state index is 11.3. The molecular weight excluding hydrogens is 198 g/mol. The van der Waals surface area contributed by atoms with Gasteiger partial charge in [-0.2, -0.15) is 0 Å². The zero-order valence-corrected chi connectivity index (χ0v) is 9.92. The molecule has 0 aliphatic rings. The second kappa shape index (κ2) is 5.70. The van der Waals surface area contributed by atoms with Crippen molar-refractivity contribution in [2.75, 3.05) is 13.7 Å². The van der Waals surface area contributed by atoms with Crippen molar-refractivity contribution in [1.29, 1.82) is 0 Å². The molecule has 88 valence electrons. The number of alkyl carbamates (subject to hydrolysis) is 1. The van der Waals surface area contributed by atoms with Crippen LogP contribution in [0.1, 0.15) is 27.7 Å². The summed E-state index contributed by atoms with van der Waals surface area (Å²) in [5.41, 5.74) is -0.571. The second-order valence-corrected chi connectivity index (χ2v) is 4.26. The summed E-state index contributed by atoms with van der Waals surface area (Å²) in [6.07, 6.45) is -0.611. The Morgan fingerprint density at radius 2 is 1.87 bits per heavy atom. The number of carbonyl (C=O) groups excluding carboxylic acids is 2. The van der Waals surface area contributed by atoms with Crippen LogP contribution in [0.15, 0.2) is 0 Å². The highest BCUT2D eigenvalue weighted by Gasteiger charge is 2.21. The third-order valence-electron chi connectivity index (χ3n) is 1.52. The van der Waals surface area contributed by atoms with Crippen LogP contribution in [0.5, 0.6) is 0 Å². The monoisotopic (exact) mass is 217 g/mol. The van der Waals surface area contributed by atoms with Gasteiger partial charge < -0.3 is 14.8 Å². The summed E-state index contributed by atoms with van der Waals surface area (Å²) in [5, 5.41) is 2.44. The molecule has 0 aromatic rings. The lowest BCUT2D eigenvalue weighted by molar-refractivity contribution is -0.120.